The van der Waals surface area contributed by atoms with Crippen molar-refractivity contribution in [3.05, 3.63) is 65.7 Å². The summed E-state index contributed by atoms with van der Waals surface area (Å²) < 4.78 is 13.9. The van der Waals surface area contributed by atoms with Crippen molar-refractivity contribution in [2.45, 2.75) is 6.54 Å². The Bertz CT molecular complexity index is 883. The molecule has 1 spiro atoms. The van der Waals surface area contributed by atoms with E-state index in [9.17, 15) is 14.0 Å². The largest absolute Gasteiger partial charge is 0.359 e. The zero-order valence-electron chi connectivity index (χ0n) is 15.8. The van der Waals surface area contributed by atoms with Crippen molar-refractivity contribution in [3.8, 4) is 0 Å². The Balaban J connectivity index is 1.49. The fourth-order valence-corrected chi connectivity index (χ4v) is 4.44. The fraction of sp³-hybridized carbons (Fsp3) is 0.381. The maximum Gasteiger partial charge on any atom is 0.275 e. The molecule has 2 aliphatic heterocycles. The maximum absolute atomic E-state index is 13.9. The number of hydrogen-bond donors (Lipinski definition) is 1. The van der Waals surface area contributed by atoms with Crippen LogP contribution in [0.5, 0.6) is 0 Å². The first-order chi connectivity index (χ1) is 13.5. The predicted octanol–water partition coefficient (Wildman–Crippen LogP) is 1.54. The van der Waals surface area contributed by atoms with E-state index in [0.29, 0.717) is 19.6 Å². The molecule has 2 saturated heterocycles. The number of likely N-dealkylation sites (tertiary alicyclic amines) is 2. The number of nitrogens with one attached hydrogen (secondary N) is 1. The van der Waals surface area contributed by atoms with Crippen molar-refractivity contribution in [1.29, 1.82) is 0 Å². The molecular formula is C21H23FN4O2. The van der Waals surface area contributed by atoms with Crippen LogP contribution >= 0.6 is 0 Å². The van der Waals surface area contributed by atoms with Crippen molar-refractivity contribution in [1.82, 2.24) is 20.1 Å². The average molecular weight is 382 g/mol. The van der Waals surface area contributed by atoms with Crippen LogP contribution in [-0.2, 0) is 11.3 Å². The Hall–Kier alpha value is -2.80. The Morgan fingerprint density at radius 1 is 1.18 bits per heavy atom. The normalized spacial score (nSPS) is 20.8. The summed E-state index contributed by atoms with van der Waals surface area (Å²) in [5.41, 5.74) is 0.737. The topological polar surface area (TPSA) is 65.5 Å². The predicted molar refractivity (Wildman–Crippen MR) is 102 cm³/mol. The summed E-state index contributed by atoms with van der Waals surface area (Å²) in [6.07, 6.45) is 1.41. The highest BCUT2D eigenvalue weighted by Crippen LogP contribution is 2.45. The second-order valence-corrected chi connectivity index (χ2v) is 7.68. The molecule has 1 aromatic carbocycles. The Labute approximate surface area is 163 Å². The summed E-state index contributed by atoms with van der Waals surface area (Å²) in [6.45, 7) is 3.01. The first kappa shape index (κ1) is 18.6. The van der Waals surface area contributed by atoms with Crippen LogP contribution in [0, 0.1) is 17.2 Å². The first-order valence-electron chi connectivity index (χ1n) is 9.40. The third-order valence-corrected chi connectivity index (χ3v) is 5.79. The number of nitrogens with zero attached hydrogens (tertiary/aromatic N) is 3. The number of rotatable bonds is 4. The number of carbonyl (C=O) groups is 2. The van der Waals surface area contributed by atoms with Gasteiger partial charge in [0.2, 0.25) is 5.91 Å². The van der Waals surface area contributed by atoms with E-state index in [4.69, 9.17) is 0 Å². The summed E-state index contributed by atoms with van der Waals surface area (Å²) in [5, 5.41) is 2.76. The van der Waals surface area contributed by atoms with E-state index in [1.165, 1.54) is 23.9 Å². The zero-order valence-corrected chi connectivity index (χ0v) is 15.8. The highest BCUT2D eigenvalue weighted by atomic mass is 19.1. The van der Waals surface area contributed by atoms with Gasteiger partial charge < -0.3 is 10.2 Å². The number of halogens is 1. The molecule has 28 heavy (non-hydrogen) atoms. The van der Waals surface area contributed by atoms with E-state index in [1.54, 1.807) is 11.9 Å². The smallest absolute Gasteiger partial charge is 0.275 e. The maximum atomic E-state index is 13.9. The van der Waals surface area contributed by atoms with Crippen LogP contribution in [0.1, 0.15) is 16.1 Å². The fourth-order valence-electron chi connectivity index (χ4n) is 4.44. The molecule has 1 atom stereocenters. The zero-order chi connectivity index (χ0) is 19.7. The molecule has 2 aromatic rings. The lowest BCUT2D eigenvalue weighted by atomic mass is 9.71. The third kappa shape index (κ3) is 3.26. The summed E-state index contributed by atoms with van der Waals surface area (Å²) in [7, 11) is 1.64. The second kappa shape index (κ2) is 7.31. The van der Waals surface area contributed by atoms with Crippen molar-refractivity contribution >= 4 is 11.8 Å². The average Bonchev–Trinajstić information content (AvgIpc) is 3.06. The monoisotopic (exact) mass is 382 g/mol. The van der Waals surface area contributed by atoms with Crippen LogP contribution in [-0.4, -0.2) is 59.8 Å². The minimum Gasteiger partial charge on any atom is -0.359 e. The van der Waals surface area contributed by atoms with Crippen LogP contribution in [0.15, 0.2) is 48.7 Å². The standard InChI is InChI=1S/C21H23FN4O2/c1-23-19(27)16-11-25(10-15-6-3-2-4-7-15)12-21(16)13-26(14-21)20(28)18-17(22)8-5-9-24-18/h2-9,16H,10-14H2,1H3,(H,23,27). The van der Waals surface area contributed by atoms with Crippen molar-refractivity contribution < 1.29 is 14.0 Å². The molecule has 1 N–H and O–H groups in total. The van der Waals surface area contributed by atoms with Gasteiger partial charge in [0.15, 0.2) is 11.5 Å². The molecular weight excluding hydrogens is 359 g/mol. The summed E-state index contributed by atoms with van der Waals surface area (Å²) in [5.74, 6) is -1.24. The summed E-state index contributed by atoms with van der Waals surface area (Å²) in [6, 6.07) is 12.8. The van der Waals surface area contributed by atoms with Gasteiger partial charge in [0, 0.05) is 51.4 Å². The molecule has 2 amide bonds. The molecule has 0 saturated carbocycles. The second-order valence-electron chi connectivity index (χ2n) is 7.68. The molecule has 1 aromatic heterocycles. The van der Waals surface area contributed by atoms with Crippen LogP contribution in [0.4, 0.5) is 4.39 Å². The molecule has 6 nitrogen and oxygen atoms in total. The van der Waals surface area contributed by atoms with Crippen molar-refractivity contribution in [2.75, 3.05) is 33.2 Å². The van der Waals surface area contributed by atoms with Gasteiger partial charge in [-0.1, -0.05) is 30.3 Å². The van der Waals surface area contributed by atoms with Gasteiger partial charge >= 0.3 is 0 Å². The van der Waals surface area contributed by atoms with E-state index in [-0.39, 0.29) is 22.9 Å². The Morgan fingerprint density at radius 2 is 1.93 bits per heavy atom. The van der Waals surface area contributed by atoms with Crippen LogP contribution in [0.3, 0.4) is 0 Å². The van der Waals surface area contributed by atoms with Crippen molar-refractivity contribution in [3.63, 3.8) is 0 Å². The molecule has 3 heterocycles. The molecule has 7 heteroatoms. The Kier molecular flexibility index (Phi) is 4.85. The molecule has 0 aliphatic carbocycles. The van der Waals surface area contributed by atoms with Gasteiger partial charge in [-0.15, -0.1) is 0 Å². The lowest BCUT2D eigenvalue weighted by Gasteiger charge is -2.50. The lowest BCUT2D eigenvalue weighted by molar-refractivity contribution is -0.130. The number of benzene rings is 1. The highest BCUT2D eigenvalue weighted by Gasteiger charge is 2.57. The molecule has 0 bridgehead atoms. The van der Waals surface area contributed by atoms with Crippen LogP contribution < -0.4 is 5.32 Å². The van der Waals surface area contributed by atoms with E-state index < -0.39 is 11.7 Å². The lowest BCUT2D eigenvalue weighted by Crippen LogP contribution is -2.64. The minimum absolute atomic E-state index is 0.00771. The first-order valence-corrected chi connectivity index (χ1v) is 9.40. The molecule has 4 rings (SSSR count). The quantitative estimate of drug-likeness (QED) is 0.871. The number of hydrogen-bond acceptors (Lipinski definition) is 4. The number of carbonyl (C=O) groups excluding carboxylic acids is 2. The van der Waals surface area contributed by atoms with Gasteiger partial charge in [-0.05, 0) is 17.7 Å². The van der Waals surface area contributed by atoms with E-state index in [1.807, 2.05) is 18.2 Å². The van der Waals surface area contributed by atoms with Gasteiger partial charge in [-0.3, -0.25) is 14.5 Å². The number of aromatic nitrogens is 1. The van der Waals surface area contributed by atoms with E-state index >= 15 is 0 Å². The Morgan fingerprint density at radius 3 is 2.61 bits per heavy atom. The van der Waals surface area contributed by atoms with Gasteiger partial charge in [0.05, 0.1) is 5.92 Å². The number of amides is 2. The molecule has 1 unspecified atom stereocenters. The summed E-state index contributed by atoms with van der Waals surface area (Å²) >= 11 is 0. The van der Waals surface area contributed by atoms with Crippen LogP contribution in [0.2, 0.25) is 0 Å². The van der Waals surface area contributed by atoms with E-state index in [0.717, 1.165) is 13.1 Å². The van der Waals surface area contributed by atoms with E-state index in [2.05, 4.69) is 27.3 Å². The highest BCUT2D eigenvalue weighted by molar-refractivity contribution is 5.93. The molecule has 2 fully saturated rings. The van der Waals surface area contributed by atoms with Crippen molar-refractivity contribution in [2.24, 2.45) is 11.3 Å². The minimum atomic E-state index is -0.617. The van der Waals surface area contributed by atoms with Gasteiger partial charge in [-0.25, -0.2) is 9.37 Å². The van der Waals surface area contributed by atoms with Crippen LogP contribution in [0.25, 0.3) is 0 Å². The number of pyridine rings is 1. The molecule has 2 aliphatic rings. The van der Waals surface area contributed by atoms with Gasteiger partial charge in [0.25, 0.3) is 5.91 Å². The molecule has 0 radical (unpaired) electrons. The third-order valence-electron chi connectivity index (χ3n) is 5.79. The van der Waals surface area contributed by atoms with Gasteiger partial charge in [-0.2, -0.15) is 0 Å². The molecule has 146 valence electrons. The van der Waals surface area contributed by atoms with Gasteiger partial charge in [0.1, 0.15) is 0 Å². The SMILES string of the molecule is CNC(=O)C1CN(Cc2ccccc2)CC12CN(C(=O)c1ncccc1F)C2. The summed E-state index contributed by atoms with van der Waals surface area (Å²) in [4.78, 5) is 32.9.